The van der Waals surface area contributed by atoms with Gasteiger partial charge in [-0.3, -0.25) is 4.79 Å². The molecule has 3 nitrogen and oxygen atoms in total. The number of piperidine rings is 1. The van der Waals surface area contributed by atoms with Gasteiger partial charge in [0, 0.05) is 0 Å². The zero-order valence-electron chi connectivity index (χ0n) is 9.07. The van der Waals surface area contributed by atoms with E-state index in [1.807, 2.05) is 0 Å². The van der Waals surface area contributed by atoms with Crippen LogP contribution in [0.15, 0.2) is 0 Å². The molecule has 4 heteroatoms. The molecule has 1 saturated carbocycles. The average Bonchev–Trinajstić information content (AvgIpc) is 2.97. The Labute approximate surface area is 97.2 Å². The highest BCUT2D eigenvalue weighted by Crippen LogP contribution is 2.49. The van der Waals surface area contributed by atoms with Gasteiger partial charge in [-0.15, -0.1) is 12.4 Å². The van der Waals surface area contributed by atoms with Crippen LogP contribution in [0, 0.1) is 5.41 Å². The lowest BCUT2D eigenvalue weighted by atomic mass is 10.0. The molecule has 2 aliphatic rings. The van der Waals surface area contributed by atoms with Crippen molar-refractivity contribution in [3.63, 3.8) is 0 Å². The summed E-state index contributed by atoms with van der Waals surface area (Å²) in [7, 11) is 0. The second kappa shape index (κ2) is 5.17. The Balaban J connectivity index is 0.00000112. The van der Waals surface area contributed by atoms with Gasteiger partial charge in [0.05, 0.1) is 5.41 Å². The molecular weight excluding hydrogens is 214 g/mol. The second-order valence-electron chi connectivity index (χ2n) is 4.74. The highest BCUT2D eigenvalue weighted by Gasteiger charge is 2.49. The van der Waals surface area contributed by atoms with Crippen LogP contribution in [0.2, 0.25) is 0 Å². The summed E-state index contributed by atoms with van der Waals surface area (Å²) in [5.41, 5.74) is -0.322. The van der Waals surface area contributed by atoms with E-state index in [9.17, 15) is 4.79 Å². The molecule has 0 bridgehead atoms. The summed E-state index contributed by atoms with van der Waals surface area (Å²) in [5.74, 6) is -0.575. The Morgan fingerprint density at radius 3 is 2.27 bits per heavy atom. The smallest absolute Gasteiger partial charge is 0.309 e. The SMILES string of the molecule is Cl.O=C(O)C1(CCN2CCCCC2)CC1. The molecular formula is C11H20ClNO2. The summed E-state index contributed by atoms with van der Waals surface area (Å²) in [4.78, 5) is 13.4. The molecule has 2 fully saturated rings. The molecule has 0 aromatic rings. The van der Waals surface area contributed by atoms with Crippen LogP contribution < -0.4 is 0 Å². The largest absolute Gasteiger partial charge is 0.481 e. The van der Waals surface area contributed by atoms with E-state index < -0.39 is 5.97 Å². The Morgan fingerprint density at radius 2 is 1.80 bits per heavy atom. The van der Waals surface area contributed by atoms with Crippen molar-refractivity contribution < 1.29 is 9.90 Å². The van der Waals surface area contributed by atoms with Gasteiger partial charge in [0.1, 0.15) is 0 Å². The summed E-state index contributed by atoms with van der Waals surface area (Å²) in [6.07, 6.45) is 6.59. The predicted molar refractivity (Wildman–Crippen MR) is 61.5 cm³/mol. The average molecular weight is 234 g/mol. The van der Waals surface area contributed by atoms with Crippen LogP contribution in [0.5, 0.6) is 0 Å². The molecule has 0 radical (unpaired) electrons. The van der Waals surface area contributed by atoms with Crippen LogP contribution in [-0.4, -0.2) is 35.6 Å². The third-order valence-corrected chi connectivity index (χ3v) is 3.66. The van der Waals surface area contributed by atoms with Gasteiger partial charge in [-0.1, -0.05) is 6.42 Å². The number of carboxylic acid groups (broad SMARTS) is 1. The van der Waals surface area contributed by atoms with Crippen LogP contribution in [0.4, 0.5) is 0 Å². The Kier molecular flexibility index (Phi) is 4.41. The molecule has 1 aliphatic carbocycles. The topological polar surface area (TPSA) is 40.5 Å². The number of nitrogens with zero attached hydrogens (tertiary/aromatic N) is 1. The molecule has 0 amide bonds. The summed E-state index contributed by atoms with van der Waals surface area (Å²) in [6.45, 7) is 3.34. The number of carbonyl (C=O) groups is 1. The van der Waals surface area contributed by atoms with Crippen molar-refractivity contribution >= 4 is 18.4 Å². The van der Waals surface area contributed by atoms with Crippen LogP contribution in [0.25, 0.3) is 0 Å². The number of halogens is 1. The molecule has 88 valence electrons. The number of aliphatic carboxylic acids is 1. The van der Waals surface area contributed by atoms with Gasteiger partial charge in [-0.2, -0.15) is 0 Å². The molecule has 0 aromatic carbocycles. The molecule has 1 heterocycles. The minimum atomic E-state index is -0.575. The highest BCUT2D eigenvalue weighted by atomic mass is 35.5. The maximum absolute atomic E-state index is 10.9. The van der Waals surface area contributed by atoms with Crippen LogP contribution in [0.1, 0.15) is 38.5 Å². The molecule has 1 N–H and O–H groups in total. The van der Waals surface area contributed by atoms with E-state index in [1.54, 1.807) is 0 Å². The maximum atomic E-state index is 10.9. The Hall–Kier alpha value is -0.280. The Bertz CT molecular complexity index is 223. The minimum absolute atomic E-state index is 0. The number of hydrogen-bond donors (Lipinski definition) is 1. The van der Waals surface area contributed by atoms with Crippen molar-refractivity contribution in [2.24, 2.45) is 5.41 Å². The van der Waals surface area contributed by atoms with E-state index >= 15 is 0 Å². The van der Waals surface area contributed by atoms with E-state index in [0.29, 0.717) is 0 Å². The first-order valence-corrected chi connectivity index (χ1v) is 5.69. The van der Waals surface area contributed by atoms with Gasteiger partial charge in [0.15, 0.2) is 0 Å². The van der Waals surface area contributed by atoms with E-state index in [4.69, 9.17) is 5.11 Å². The third kappa shape index (κ3) is 3.08. The minimum Gasteiger partial charge on any atom is -0.481 e. The molecule has 0 spiro atoms. The lowest BCUT2D eigenvalue weighted by Gasteiger charge is -2.27. The van der Waals surface area contributed by atoms with Crippen molar-refractivity contribution in [2.45, 2.75) is 38.5 Å². The number of carboxylic acids is 1. The molecule has 1 aliphatic heterocycles. The molecule has 0 unspecified atom stereocenters. The summed E-state index contributed by atoms with van der Waals surface area (Å²) in [6, 6.07) is 0. The normalized spacial score (nSPS) is 24.3. The second-order valence-corrected chi connectivity index (χ2v) is 4.74. The van der Waals surface area contributed by atoms with Crippen LogP contribution >= 0.6 is 12.4 Å². The zero-order chi connectivity index (χ0) is 10.0. The predicted octanol–water partition coefficient (Wildman–Crippen LogP) is 2.15. The van der Waals surface area contributed by atoms with Crippen molar-refractivity contribution in [2.75, 3.05) is 19.6 Å². The van der Waals surface area contributed by atoms with Gasteiger partial charge in [0.25, 0.3) is 0 Å². The first-order chi connectivity index (χ1) is 6.73. The van der Waals surface area contributed by atoms with E-state index in [-0.39, 0.29) is 17.8 Å². The van der Waals surface area contributed by atoms with Crippen LogP contribution in [-0.2, 0) is 4.79 Å². The molecule has 0 atom stereocenters. The molecule has 1 saturated heterocycles. The summed E-state index contributed by atoms with van der Waals surface area (Å²) in [5, 5.41) is 9.01. The molecule has 0 aromatic heterocycles. The first-order valence-electron chi connectivity index (χ1n) is 5.69. The standard InChI is InChI=1S/C11H19NO2.ClH/c13-10(14)11(4-5-11)6-9-12-7-2-1-3-8-12;/h1-9H2,(H,13,14);1H. The lowest BCUT2D eigenvalue weighted by Crippen LogP contribution is -2.33. The van der Waals surface area contributed by atoms with Crippen molar-refractivity contribution in [1.29, 1.82) is 0 Å². The zero-order valence-corrected chi connectivity index (χ0v) is 9.89. The van der Waals surface area contributed by atoms with Gasteiger partial charge in [0.2, 0.25) is 0 Å². The van der Waals surface area contributed by atoms with E-state index in [0.717, 1.165) is 25.8 Å². The summed E-state index contributed by atoms with van der Waals surface area (Å²) >= 11 is 0. The number of hydrogen-bond acceptors (Lipinski definition) is 2. The summed E-state index contributed by atoms with van der Waals surface area (Å²) < 4.78 is 0. The first kappa shape index (κ1) is 12.8. The van der Waals surface area contributed by atoms with E-state index in [1.165, 1.54) is 32.4 Å². The molecule has 2 rings (SSSR count). The fourth-order valence-corrected chi connectivity index (χ4v) is 2.28. The van der Waals surface area contributed by atoms with E-state index in [2.05, 4.69) is 4.90 Å². The van der Waals surface area contributed by atoms with Gasteiger partial charge in [-0.05, 0) is 51.7 Å². The fourth-order valence-electron chi connectivity index (χ4n) is 2.28. The van der Waals surface area contributed by atoms with Crippen molar-refractivity contribution in [3.8, 4) is 0 Å². The maximum Gasteiger partial charge on any atom is 0.309 e. The van der Waals surface area contributed by atoms with Crippen LogP contribution in [0.3, 0.4) is 0 Å². The Morgan fingerprint density at radius 1 is 1.20 bits per heavy atom. The monoisotopic (exact) mass is 233 g/mol. The number of rotatable bonds is 4. The lowest BCUT2D eigenvalue weighted by molar-refractivity contribution is -0.143. The van der Waals surface area contributed by atoms with Crippen molar-refractivity contribution in [3.05, 3.63) is 0 Å². The molecule has 15 heavy (non-hydrogen) atoms. The third-order valence-electron chi connectivity index (χ3n) is 3.66. The highest BCUT2D eigenvalue weighted by molar-refractivity contribution is 5.85. The van der Waals surface area contributed by atoms with Gasteiger partial charge >= 0.3 is 5.97 Å². The number of likely N-dealkylation sites (tertiary alicyclic amines) is 1. The van der Waals surface area contributed by atoms with Gasteiger partial charge < -0.3 is 10.0 Å². The van der Waals surface area contributed by atoms with Gasteiger partial charge in [-0.25, -0.2) is 0 Å². The fraction of sp³-hybridized carbons (Fsp3) is 0.909. The quantitative estimate of drug-likeness (QED) is 0.809. The van der Waals surface area contributed by atoms with Crippen molar-refractivity contribution in [1.82, 2.24) is 4.90 Å².